The minimum Gasteiger partial charge on any atom is -0.475 e. The van der Waals surface area contributed by atoms with Gasteiger partial charge in [-0.05, 0) is 36.0 Å². The first kappa shape index (κ1) is 39.2. The molecule has 16 heteroatoms. The van der Waals surface area contributed by atoms with Gasteiger partial charge in [-0.25, -0.2) is 4.79 Å². The number of hydrogen-bond donors (Lipinski definition) is 9. The van der Waals surface area contributed by atoms with Gasteiger partial charge in [0.25, 0.3) is 0 Å². The molecular formula is C33H39F3N8O5. The number of rotatable bonds is 15. The van der Waals surface area contributed by atoms with Gasteiger partial charge in [-0.1, -0.05) is 84.9 Å². The van der Waals surface area contributed by atoms with Crippen LogP contribution >= 0.6 is 0 Å². The Bertz CT molecular complexity index is 1570. The summed E-state index contributed by atoms with van der Waals surface area (Å²) in [4.78, 5) is 48.4. The summed E-state index contributed by atoms with van der Waals surface area (Å²) in [5.41, 5.74) is 19.5. The first-order valence-corrected chi connectivity index (χ1v) is 14.9. The van der Waals surface area contributed by atoms with Crippen LogP contribution in [0.2, 0.25) is 0 Å². The van der Waals surface area contributed by atoms with E-state index in [2.05, 4.69) is 16.0 Å². The summed E-state index contributed by atoms with van der Waals surface area (Å²) < 4.78 is 31.7. The summed E-state index contributed by atoms with van der Waals surface area (Å²) in [6.07, 6.45) is -3.87. The van der Waals surface area contributed by atoms with Crippen molar-refractivity contribution in [2.45, 2.75) is 49.9 Å². The number of alkyl halides is 3. The molecule has 3 atom stereocenters. The summed E-state index contributed by atoms with van der Waals surface area (Å²) in [6.45, 7) is 0.339. The Morgan fingerprint density at radius 3 is 1.73 bits per heavy atom. The van der Waals surface area contributed by atoms with Gasteiger partial charge in [0.15, 0.2) is 5.96 Å². The van der Waals surface area contributed by atoms with Crippen LogP contribution in [0.25, 0.3) is 0 Å². The fourth-order valence-electron chi connectivity index (χ4n) is 4.52. The summed E-state index contributed by atoms with van der Waals surface area (Å²) >= 11 is 0. The second kappa shape index (κ2) is 19.0. The minimum absolute atomic E-state index is 0.0435. The molecule has 3 amide bonds. The first-order chi connectivity index (χ1) is 23.1. The van der Waals surface area contributed by atoms with Crippen LogP contribution in [0.4, 0.5) is 13.2 Å². The second-order valence-electron chi connectivity index (χ2n) is 10.8. The van der Waals surface area contributed by atoms with Crippen LogP contribution in [-0.2, 0) is 32.0 Å². The zero-order valence-corrected chi connectivity index (χ0v) is 26.3. The van der Waals surface area contributed by atoms with Gasteiger partial charge in [0.05, 0.1) is 5.92 Å². The first-order valence-electron chi connectivity index (χ1n) is 14.9. The van der Waals surface area contributed by atoms with Crippen molar-refractivity contribution in [1.82, 2.24) is 16.0 Å². The zero-order chi connectivity index (χ0) is 36.6. The number of nitrogens with two attached hydrogens (primary N) is 3. The van der Waals surface area contributed by atoms with E-state index in [0.717, 1.165) is 16.7 Å². The average Bonchev–Trinajstić information content (AvgIpc) is 3.05. The fraction of sp³-hybridized carbons (Fsp3) is 0.273. The van der Waals surface area contributed by atoms with Crippen molar-refractivity contribution in [1.29, 1.82) is 10.8 Å². The molecule has 3 aromatic rings. The number of nitrogen functional groups attached to an aromatic ring is 1. The summed E-state index contributed by atoms with van der Waals surface area (Å²) in [7, 11) is 0. The Kier molecular flexibility index (Phi) is 15.2. The van der Waals surface area contributed by atoms with E-state index in [0.29, 0.717) is 24.9 Å². The maximum absolute atomic E-state index is 13.8. The topological polar surface area (TPSA) is 250 Å². The lowest BCUT2D eigenvalue weighted by molar-refractivity contribution is -0.192. The van der Waals surface area contributed by atoms with E-state index >= 15 is 0 Å². The number of hydrogen-bond acceptors (Lipinski definition) is 6. The van der Waals surface area contributed by atoms with Crippen molar-refractivity contribution >= 4 is 35.5 Å². The molecule has 0 fully saturated rings. The molecule has 0 unspecified atom stereocenters. The van der Waals surface area contributed by atoms with E-state index in [4.69, 9.17) is 37.9 Å². The molecule has 0 aliphatic carbocycles. The van der Waals surface area contributed by atoms with Crippen molar-refractivity contribution in [3.8, 4) is 0 Å². The summed E-state index contributed by atoms with van der Waals surface area (Å²) in [5.74, 6) is -5.20. The van der Waals surface area contributed by atoms with E-state index in [9.17, 15) is 27.6 Å². The number of aliphatic carboxylic acids is 1. The number of amides is 3. The highest BCUT2D eigenvalue weighted by Gasteiger charge is 2.38. The molecule has 12 N–H and O–H groups in total. The Labute approximate surface area is 280 Å². The number of halogens is 3. The van der Waals surface area contributed by atoms with Crippen molar-refractivity contribution < 1.29 is 37.5 Å². The smallest absolute Gasteiger partial charge is 0.475 e. The molecule has 0 radical (unpaired) electrons. The van der Waals surface area contributed by atoms with Gasteiger partial charge in [-0.15, -0.1) is 0 Å². The van der Waals surface area contributed by atoms with Crippen molar-refractivity contribution in [2.24, 2.45) is 17.2 Å². The second-order valence-corrected chi connectivity index (χ2v) is 10.8. The monoisotopic (exact) mass is 684 g/mol. The molecule has 0 saturated heterocycles. The average molecular weight is 685 g/mol. The van der Waals surface area contributed by atoms with Crippen LogP contribution in [0.1, 0.15) is 41.0 Å². The quantitative estimate of drug-likeness (QED) is 0.0648. The normalized spacial score (nSPS) is 12.6. The van der Waals surface area contributed by atoms with Crippen LogP contribution < -0.4 is 33.2 Å². The Hall–Kier alpha value is -5.93. The highest BCUT2D eigenvalue weighted by Crippen LogP contribution is 2.22. The highest BCUT2D eigenvalue weighted by atomic mass is 19.4. The SMILES string of the molecule is N=C(N)NCCC[C@H](NC(=O)[C@H](Cc1ccccc1)NC(=O)[C@H](Cc1ccc(C(=N)N)cc1)c1ccccc1)C(N)=O.O=C(O)C(F)(F)F. The molecule has 0 spiro atoms. The number of carbonyl (C=O) groups excluding carboxylic acids is 3. The Balaban J connectivity index is 0.00000107. The van der Waals surface area contributed by atoms with E-state index < -0.39 is 42.0 Å². The molecule has 3 rings (SSSR count). The molecular weight excluding hydrogens is 645 g/mol. The standard InChI is InChI=1S/C31H38N8O3.C2HF3O2/c32-27(33)23-15-13-21(14-16-23)18-24(22-10-5-2-6-11-22)29(41)39-26(19-20-8-3-1-4-9-20)30(42)38-25(28(34)40)12-7-17-37-31(35)36;3-2(4,5)1(6)7/h1-6,8-11,13-16,24-26H,7,12,17-19H2,(H3,32,33)(H2,34,40)(H,38,42)(H,39,41)(H4,35,36,37);(H,6,7)/t24-,25+,26+;/m1./s1. The van der Waals surface area contributed by atoms with E-state index in [1.54, 1.807) is 12.1 Å². The summed E-state index contributed by atoms with van der Waals surface area (Å²) in [5, 5.41) is 30.3. The molecule has 13 nitrogen and oxygen atoms in total. The van der Waals surface area contributed by atoms with Crippen molar-refractivity contribution in [3.05, 3.63) is 107 Å². The number of primary amides is 1. The van der Waals surface area contributed by atoms with Gasteiger partial charge in [-0.3, -0.25) is 25.2 Å². The maximum atomic E-state index is 13.8. The molecule has 0 bridgehead atoms. The highest BCUT2D eigenvalue weighted by molar-refractivity contribution is 5.95. The maximum Gasteiger partial charge on any atom is 0.490 e. The van der Waals surface area contributed by atoms with E-state index in [-0.39, 0.29) is 30.5 Å². The Morgan fingerprint density at radius 1 is 0.735 bits per heavy atom. The molecule has 0 heterocycles. The molecule has 0 aliphatic heterocycles. The third-order valence-electron chi connectivity index (χ3n) is 7.03. The van der Waals surface area contributed by atoms with E-state index in [1.807, 2.05) is 72.8 Å². The number of guanidine groups is 1. The van der Waals surface area contributed by atoms with Crippen LogP contribution in [0.15, 0.2) is 84.9 Å². The molecule has 49 heavy (non-hydrogen) atoms. The number of nitrogens with one attached hydrogen (secondary N) is 5. The number of carboxylic acid groups (broad SMARTS) is 1. The predicted molar refractivity (Wildman–Crippen MR) is 176 cm³/mol. The fourth-order valence-corrected chi connectivity index (χ4v) is 4.52. The van der Waals surface area contributed by atoms with Gasteiger partial charge in [0.1, 0.15) is 17.9 Å². The molecule has 0 aromatic heterocycles. The molecule has 0 saturated carbocycles. The Morgan fingerprint density at radius 2 is 1.24 bits per heavy atom. The number of amidine groups is 1. The third kappa shape index (κ3) is 14.2. The largest absolute Gasteiger partial charge is 0.490 e. The third-order valence-corrected chi connectivity index (χ3v) is 7.03. The molecule has 3 aromatic carbocycles. The van der Waals surface area contributed by atoms with Crippen LogP contribution in [0.5, 0.6) is 0 Å². The minimum atomic E-state index is -5.08. The van der Waals surface area contributed by atoms with Gasteiger partial charge in [0.2, 0.25) is 17.7 Å². The predicted octanol–water partition coefficient (Wildman–Crippen LogP) is 1.89. The van der Waals surface area contributed by atoms with Gasteiger partial charge in [-0.2, -0.15) is 13.2 Å². The van der Waals surface area contributed by atoms with E-state index in [1.165, 1.54) is 0 Å². The van der Waals surface area contributed by atoms with Gasteiger partial charge in [0, 0.05) is 18.5 Å². The van der Waals surface area contributed by atoms with Crippen LogP contribution in [-0.4, -0.2) is 65.4 Å². The van der Waals surface area contributed by atoms with Gasteiger partial charge < -0.3 is 38.3 Å². The molecule has 262 valence electrons. The van der Waals surface area contributed by atoms with Crippen LogP contribution in [0.3, 0.4) is 0 Å². The zero-order valence-electron chi connectivity index (χ0n) is 26.3. The van der Waals surface area contributed by atoms with Crippen LogP contribution in [0, 0.1) is 10.8 Å². The molecule has 0 aliphatic rings. The lowest BCUT2D eigenvalue weighted by Crippen LogP contribution is -2.54. The lowest BCUT2D eigenvalue weighted by Gasteiger charge is -2.25. The number of carbonyl (C=O) groups is 4. The lowest BCUT2D eigenvalue weighted by atomic mass is 9.90. The van der Waals surface area contributed by atoms with Gasteiger partial charge >= 0.3 is 12.1 Å². The number of carboxylic acids is 1. The van der Waals surface area contributed by atoms with Crippen molar-refractivity contribution in [2.75, 3.05) is 6.54 Å². The summed E-state index contributed by atoms with van der Waals surface area (Å²) in [6, 6.07) is 23.7. The number of benzene rings is 3. The van der Waals surface area contributed by atoms with Crippen molar-refractivity contribution in [3.63, 3.8) is 0 Å².